The largest absolute Gasteiger partial charge is 0.481 e. The summed E-state index contributed by atoms with van der Waals surface area (Å²) in [7, 11) is 0. The van der Waals surface area contributed by atoms with Crippen molar-refractivity contribution in [3.63, 3.8) is 0 Å². The van der Waals surface area contributed by atoms with Gasteiger partial charge in [-0.1, -0.05) is 27.2 Å². The summed E-state index contributed by atoms with van der Waals surface area (Å²) in [6.45, 7) is 6.23. The van der Waals surface area contributed by atoms with Crippen LogP contribution < -0.4 is 10.6 Å². The van der Waals surface area contributed by atoms with Gasteiger partial charge in [-0.3, -0.25) is 4.79 Å². The molecule has 20 heavy (non-hydrogen) atoms. The van der Waals surface area contributed by atoms with E-state index in [-0.39, 0.29) is 23.5 Å². The molecule has 1 aliphatic rings. The van der Waals surface area contributed by atoms with E-state index in [1.807, 2.05) is 0 Å². The number of amides is 2. The monoisotopic (exact) mass is 284 g/mol. The molecule has 0 heterocycles. The van der Waals surface area contributed by atoms with Gasteiger partial charge in [-0.2, -0.15) is 0 Å². The number of nitrogens with one attached hydrogen (secondary N) is 2. The van der Waals surface area contributed by atoms with Gasteiger partial charge in [0.15, 0.2) is 0 Å². The maximum Gasteiger partial charge on any atom is 0.315 e. The highest BCUT2D eigenvalue weighted by Gasteiger charge is 2.30. The number of aliphatic carboxylic acids is 1. The van der Waals surface area contributed by atoms with Gasteiger partial charge in [0, 0.05) is 11.6 Å². The van der Waals surface area contributed by atoms with Crippen LogP contribution in [0.5, 0.6) is 0 Å². The molecule has 1 aliphatic carbocycles. The first-order valence-corrected chi connectivity index (χ1v) is 7.77. The second-order valence-corrected chi connectivity index (χ2v) is 5.84. The molecule has 0 saturated heterocycles. The minimum absolute atomic E-state index is 0.0203. The summed E-state index contributed by atoms with van der Waals surface area (Å²) in [6.07, 6.45) is 5.69. The van der Waals surface area contributed by atoms with Gasteiger partial charge in [-0.05, 0) is 38.5 Å². The highest BCUT2D eigenvalue weighted by molar-refractivity contribution is 5.75. The van der Waals surface area contributed by atoms with Crippen molar-refractivity contribution in [1.29, 1.82) is 0 Å². The van der Waals surface area contributed by atoms with E-state index in [1.165, 1.54) is 0 Å². The Balaban J connectivity index is 2.51. The molecule has 0 aromatic heterocycles. The van der Waals surface area contributed by atoms with E-state index in [2.05, 4.69) is 31.4 Å². The van der Waals surface area contributed by atoms with Crippen molar-refractivity contribution in [1.82, 2.24) is 10.6 Å². The molecular weight excluding hydrogens is 256 g/mol. The second-order valence-electron chi connectivity index (χ2n) is 5.84. The summed E-state index contributed by atoms with van der Waals surface area (Å²) >= 11 is 0. The minimum Gasteiger partial charge on any atom is -0.481 e. The molecular formula is C15H28N2O3. The van der Waals surface area contributed by atoms with E-state index in [0.29, 0.717) is 6.42 Å². The fourth-order valence-electron chi connectivity index (χ4n) is 3.02. The molecule has 0 bridgehead atoms. The molecule has 2 unspecified atom stereocenters. The van der Waals surface area contributed by atoms with Gasteiger partial charge in [0.1, 0.15) is 0 Å². The Labute approximate surface area is 121 Å². The van der Waals surface area contributed by atoms with Crippen molar-refractivity contribution >= 4 is 12.0 Å². The Morgan fingerprint density at radius 2 is 1.75 bits per heavy atom. The zero-order valence-corrected chi connectivity index (χ0v) is 12.9. The summed E-state index contributed by atoms with van der Waals surface area (Å²) in [5.74, 6) is -1.07. The van der Waals surface area contributed by atoms with Gasteiger partial charge >= 0.3 is 12.0 Å². The number of hydrogen-bond donors (Lipinski definition) is 3. The number of urea groups is 1. The van der Waals surface area contributed by atoms with Crippen LogP contribution in [0.3, 0.4) is 0 Å². The first-order valence-electron chi connectivity index (χ1n) is 7.77. The topological polar surface area (TPSA) is 78.4 Å². The van der Waals surface area contributed by atoms with Crippen LogP contribution in [0.2, 0.25) is 0 Å². The molecule has 2 amide bonds. The smallest absolute Gasteiger partial charge is 0.315 e. The normalized spacial score (nSPS) is 23.1. The molecule has 1 rings (SSSR count). The van der Waals surface area contributed by atoms with E-state index in [0.717, 1.165) is 38.5 Å². The van der Waals surface area contributed by atoms with Crippen LogP contribution in [0.15, 0.2) is 0 Å². The lowest BCUT2D eigenvalue weighted by Crippen LogP contribution is -2.54. The molecule has 0 aliphatic heterocycles. The average molecular weight is 284 g/mol. The lowest BCUT2D eigenvalue weighted by Gasteiger charge is -2.34. The minimum atomic E-state index is -0.748. The number of carboxylic acid groups (broad SMARTS) is 1. The quantitative estimate of drug-likeness (QED) is 0.701. The highest BCUT2D eigenvalue weighted by atomic mass is 16.4. The summed E-state index contributed by atoms with van der Waals surface area (Å²) in [4.78, 5) is 23.1. The third kappa shape index (κ3) is 4.39. The third-order valence-electron chi connectivity index (χ3n) is 4.77. The van der Waals surface area contributed by atoms with Gasteiger partial charge in [0.2, 0.25) is 0 Å². The molecule has 1 fully saturated rings. The summed E-state index contributed by atoms with van der Waals surface area (Å²) < 4.78 is 0. The fourth-order valence-corrected chi connectivity index (χ4v) is 3.02. The molecule has 0 radical (unpaired) electrons. The first-order chi connectivity index (χ1) is 9.46. The van der Waals surface area contributed by atoms with Gasteiger partial charge < -0.3 is 15.7 Å². The van der Waals surface area contributed by atoms with Crippen molar-refractivity contribution < 1.29 is 14.7 Å². The standard InChI is InChI=1S/C15H28N2O3/c1-4-15(5-2,6-3)17-14(20)16-12-9-7-8-11(10-12)13(18)19/h11-12H,4-10H2,1-3H3,(H,18,19)(H2,16,17,20). The Bertz CT molecular complexity index is 332. The summed E-state index contributed by atoms with van der Waals surface area (Å²) in [6, 6.07) is -0.181. The van der Waals surface area contributed by atoms with E-state index >= 15 is 0 Å². The summed E-state index contributed by atoms with van der Waals surface area (Å²) in [5, 5.41) is 15.1. The number of carbonyl (C=O) groups excluding carboxylic acids is 1. The predicted molar refractivity (Wildman–Crippen MR) is 78.7 cm³/mol. The number of hydrogen-bond acceptors (Lipinski definition) is 2. The Hall–Kier alpha value is -1.26. The number of rotatable bonds is 6. The van der Waals surface area contributed by atoms with E-state index in [4.69, 9.17) is 5.11 Å². The zero-order chi connectivity index (χ0) is 15.2. The van der Waals surface area contributed by atoms with Crippen LogP contribution in [0.25, 0.3) is 0 Å². The number of carbonyl (C=O) groups is 2. The van der Waals surface area contributed by atoms with Crippen LogP contribution in [-0.4, -0.2) is 28.7 Å². The van der Waals surface area contributed by atoms with Gasteiger partial charge in [0.25, 0.3) is 0 Å². The zero-order valence-electron chi connectivity index (χ0n) is 12.9. The SMILES string of the molecule is CCC(CC)(CC)NC(=O)NC1CCCC(C(=O)O)C1. The lowest BCUT2D eigenvalue weighted by molar-refractivity contribution is -0.143. The molecule has 116 valence electrons. The van der Waals surface area contributed by atoms with Crippen molar-refractivity contribution in [2.45, 2.75) is 77.3 Å². The van der Waals surface area contributed by atoms with Crippen LogP contribution in [-0.2, 0) is 4.79 Å². The second kappa shape index (κ2) is 7.50. The maximum absolute atomic E-state index is 12.1. The molecule has 0 spiro atoms. The third-order valence-corrected chi connectivity index (χ3v) is 4.77. The lowest BCUT2D eigenvalue weighted by atomic mass is 9.86. The molecule has 5 nitrogen and oxygen atoms in total. The highest BCUT2D eigenvalue weighted by Crippen LogP contribution is 2.25. The van der Waals surface area contributed by atoms with Crippen LogP contribution in [0, 0.1) is 5.92 Å². The Morgan fingerprint density at radius 3 is 2.25 bits per heavy atom. The average Bonchev–Trinajstić information content (AvgIpc) is 2.45. The molecule has 0 aromatic carbocycles. The van der Waals surface area contributed by atoms with Gasteiger partial charge in [-0.25, -0.2) is 4.79 Å². The molecule has 0 aromatic rings. The van der Waals surface area contributed by atoms with Gasteiger partial charge in [-0.15, -0.1) is 0 Å². The van der Waals surface area contributed by atoms with Crippen LogP contribution in [0.1, 0.15) is 65.7 Å². The molecule has 1 saturated carbocycles. The van der Waals surface area contributed by atoms with Crippen molar-refractivity contribution in [3.8, 4) is 0 Å². The van der Waals surface area contributed by atoms with Crippen LogP contribution in [0.4, 0.5) is 4.79 Å². The first kappa shape index (κ1) is 16.8. The molecule has 5 heteroatoms. The maximum atomic E-state index is 12.1. The fraction of sp³-hybridized carbons (Fsp3) is 0.867. The van der Waals surface area contributed by atoms with E-state index in [9.17, 15) is 9.59 Å². The van der Waals surface area contributed by atoms with Crippen molar-refractivity contribution in [3.05, 3.63) is 0 Å². The predicted octanol–water partition coefficient (Wildman–Crippen LogP) is 2.90. The Kier molecular flexibility index (Phi) is 6.30. The summed E-state index contributed by atoms with van der Waals surface area (Å²) in [5.41, 5.74) is -0.148. The van der Waals surface area contributed by atoms with Crippen LogP contribution >= 0.6 is 0 Å². The molecule has 2 atom stereocenters. The van der Waals surface area contributed by atoms with E-state index < -0.39 is 5.97 Å². The van der Waals surface area contributed by atoms with Crippen molar-refractivity contribution in [2.75, 3.05) is 0 Å². The number of carboxylic acids is 1. The Morgan fingerprint density at radius 1 is 1.15 bits per heavy atom. The molecule has 3 N–H and O–H groups in total. The van der Waals surface area contributed by atoms with E-state index in [1.54, 1.807) is 0 Å². The van der Waals surface area contributed by atoms with Gasteiger partial charge in [0.05, 0.1) is 5.92 Å². The van der Waals surface area contributed by atoms with Crippen molar-refractivity contribution in [2.24, 2.45) is 5.92 Å².